The van der Waals surface area contributed by atoms with Crippen molar-refractivity contribution in [3.63, 3.8) is 0 Å². The van der Waals surface area contributed by atoms with Gasteiger partial charge in [0.2, 0.25) is 5.91 Å². The number of halogens is 1. The Labute approximate surface area is 205 Å². The number of nitrogens with one attached hydrogen (secondary N) is 3. The van der Waals surface area contributed by atoms with Gasteiger partial charge >= 0.3 is 6.03 Å². The van der Waals surface area contributed by atoms with Gasteiger partial charge in [0.05, 0.1) is 17.9 Å². The normalized spacial score (nSPS) is 18.3. The summed E-state index contributed by atoms with van der Waals surface area (Å²) in [7, 11) is 0. The Balaban J connectivity index is 1.31. The maximum Gasteiger partial charge on any atom is 0.325 e. The third-order valence-corrected chi connectivity index (χ3v) is 6.11. The number of carbonyl (C=O) groups is 4. The van der Waals surface area contributed by atoms with Gasteiger partial charge in [-0.25, -0.2) is 9.18 Å². The van der Waals surface area contributed by atoms with E-state index in [2.05, 4.69) is 16.0 Å². The number of para-hydroxylation sites is 2. The molecule has 10 heteroatoms. The average Bonchev–Trinajstić information content (AvgIpc) is 3.10. The van der Waals surface area contributed by atoms with Crippen LogP contribution in [0.5, 0.6) is 5.75 Å². The summed E-state index contributed by atoms with van der Waals surface area (Å²) in [6.07, 6.45) is 0.235. The highest BCUT2D eigenvalue weighted by Crippen LogP contribution is 2.40. The molecule has 0 bridgehead atoms. The number of fused-ring (bicyclic) bond motifs is 2. The second-order valence-corrected chi connectivity index (χ2v) is 8.38. The lowest BCUT2D eigenvalue weighted by Crippen LogP contribution is -2.48. The number of ether oxygens (including phenoxy) is 1. The molecule has 1 saturated heterocycles. The maximum absolute atomic E-state index is 13.4. The highest BCUT2D eigenvalue weighted by Gasteiger charge is 2.55. The lowest BCUT2D eigenvalue weighted by atomic mass is 9.84. The number of anilines is 2. The molecule has 3 aromatic rings. The van der Waals surface area contributed by atoms with Gasteiger partial charge in [-0.3, -0.25) is 19.3 Å². The van der Waals surface area contributed by atoms with Crippen molar-refractivity contribution in [1.29, 1.82) is 0 Å². The average molecular weight is 488 g/mol. The van der Waals surface area contributed by atoms with Gasteiger partial charge < -0.3 is 20.7 Å². The number of hydrogen-bond donors (Lipinski definition) is 3. The number of hydrogen-bond acceptors (Lipinski definition) is 5. The fraction of sp³-hybridized carbons (Fsp3) is 0.154. The molecule has 0 aromatic heterocycles. The fourth-order valence-electron chi connectivity index (χ4n) is 4.37. The predicted molar refractivity (Wildman–Crippen MR) is 128 cm³/mol. The fourth-order valence-corrected chi connectivity index (χ4v) is 4.37. The number of amides is 5. The van der Waals surface area contributed by atoms with Gasteiger partial charge in [-0.1, -0.05) is 30.3 Å². The molecule has 1 unspecified atom stereocenters. The van der Waals surface area contributed by atoms with Crippen LogP contribution in [0.4, 0.5) is 20.6 Å². The van der Waals surface area contributed by atoms with Crippen molar-refractivity contribution >= 4 is 35.1 Å². The first-order valence-corrected chi connectivity index (χ1v) is 11.2. The number of urea groups is 1. The molecular weight excluding hydrogens is 467 g/mol. The van der Waals surface area contributed by atoms with Crippen LogP contribution in [0, 0.1) is 5.82 Å². The van der Waals surface area contributed by atoms with Crippen LogP contribution in [0.15, 0.2) is 72.8 Å². The summed E-state index contributed by atoms with van der Waals surface area (Å²) >= 11 is 0. The minimum absolute atomic E-state index is 0.155. The van der Waals surface area contributed by atoms with Crippen LogP contribution in [0.2, 0.25) is 0 Å². The molecule has 0 radical (unpaired) electrons. The molecule has 1 atom stereocenters. The van der Waals surface area contributed by atoms with E-state index in [0.29, 0.717) is 17.0 Å². The molecule has 5 rings (SSSR count). The van der Waals surface area contributed by atoms with E-state index in [9.17, 15) is 23.6 Å². The maximum atomic E-state index is 13.4. The Morgan fingerprint density at radius 1 is 0.972 bits per heavy atom. The molecule has 0 saturated carbocycles. The van der Waals surface area contributed by atoms with E-state index in [1.807, 2.05) is 0 Å². The molecule has 5 amide bonds. The van der Waals surface area contributed by atoms with Gasteiger partial charge in [0.15, 0.2) is 5.54 Å². The quantitative estimate of drug-likeness (QED) is 0.477. The number of benzene rings is 3. The summed E-state index contributed by atoms with van der Waals surface area (Å²) < 4.78 is 18.8. The summed E-state index contributed by atoms with van der Waals surface area (Å²) in [6.45, 7) is -0.303. The minimum atomic E-state index is -1.29. The lowest BCUT2D eigenvalue weighted by molar-refractivity contribution is -0.135. The van der Waals surface area contributed by atoms with Crippen molar-refractivity contribution in [3.05, 3.63) is 89.7 Å². The topological polar surface area (TPSA) is 117 Å². The molecule has 2 heterocycles. The molecular formula is C26H21FN4O5. The summed E-state index contributed by atoms with van der Waals surface area (Å²) in [4.78, 5) is 52.6. The molecule has 9 nitrogen and oxygen atoms in total. The lowest BCUT2D eigenvalue weighted by Gasteiger charge is -2.33. The van der Waals surface area contributed by atoms with Crippen LogP contribution in [-0.4, -0.2) is 41.8 Å². The Hall–Kier alpha value is -4.73. The molecule has 3 aromatic carbocycles. The zero-order valence-electron chi connectivity index (χ0n) is 18.9. The molecule has 1 spiro atoms. The molecule has 3 N–H and O–H groups in total. The van der Waals surface area contributed by atoms with E-state index < -0.39 is 41.7 Å². The van der Waals surface area contributed by atoms with Crippen molar-refractivity contribution in [2.75, 3.05) is 23.8 Å². The Bertz CT molecular complexity index is 1380. The number of rotatable bonds is 5. The van der Waals surface area contributed by atoms with Gasteiger partial charge in [0.25, 0.3) is 11.8 Å². The molecule has 0 aliphatic carbocycles. The molecule has 182 valence electrons. The largest absolute Gasteiger partial charge is 0.493 e. The Kier molecular flexibility index (Phi) is 5.85. The van der Waals surface area contributed by atoms with Crippen molar-refractivity contribution in [1.82, 2.24) is 10.2 Å². The first-order chi connectivity index (χ1) is 17.4. The molecule has 2 aliphatic rings. The van der Waals surface area contributed by atoms with Gasteiger partial charge in [0, 0.05) is 17.7 Å². The molecule has 2 aliphatic heterocycles. The minimum Gasteiger partial charge on any atom is -0.493 e. The zero-order valence-corrected chi connectivity index (χ0v) is 18.9. The third-order valence-electron chi connectivity index (χ3n) is 6.11. The standard InChI is InChI=1S/C26H21FN4O5/c27-16-9-11-17(12-10-16)28-23(33)18-5-1-3-7-20(18)29-22(32)15-31-24(34)26(30-25(31)35)13-14-36-21-8-4-2-6-19(21)26/h1-12H,13-15H2,(H,28,33)(H,29,32)(H,30,35). The van der Waals surface area contributed by atoms with E-state index in [1.165, 1.54) is 36.4 Å². The summed E-state index contributed by atoms with van der Waals surface area (Å²) in [6, 6.07) is 17.8. The second-order valence-electron chi connectivity index (χ2n) is 8.38. The predicted octanol–water partition coefficient (Wildman–Crippen LogP) is 3.25. The number of carbonyl (C=O) groups excluding carboxylic acids is 4. The van der Waals surface area contributed by atoms with Crippen molar-refractivity contribution in [2.24, 2.45) is 0 Å². The number of imide groups is 1. The summed E-state index contributed by atoms with van der Waals surface area (Å²) in [5.74, 6) is -1.65. The van der Waals surface area contributed by atoms with E-state index in [4.69, 9.17) is 4.74 Å². The molecule has 36 heavy (non-hydrogen) atoms. The van der Waals surface area contributed by atoms with Crippen LogP contribution < -0.4 is 20.7 Å². The van der Waals surface area contributed by atoms with E-state index in [1.54, 1.807) is 36.4 Å². The second kappa shape index (κ2) is 9.14. The van der Waals surface area contributed by atoms with Crippen LogP contribution in [0.3, 0.4) is 0 Å². The monoisotopic (exact) mass is 488 g/mol. The summed E-state index contributed by atoms with van der Waals surface area (Å²) in [5, 5.41) is 7.99. The van der Waals surface area contributed by atoms with Crippen molar-refractivity contribution in [2.45, 2.75) is 12.0 Å². The van der Waals surface area contributed by atoms with Crippen LogP contribution in [0.25, 0.3) is 0 Å². The first kappa shape index (κ1) is 23.0. The van der Waals surface area contributed by atoms with Crippen molar-refractivity contribution in [3.8, 4) is 5.75 Å². The Morgan fingerprint density at radius 2 is 1.69 bits per heavy atom. The highest BCUT2D eigenvalue weighted by molar-refractivity contribution is 6.13. The summed E-state index contributed by atoms with van der Waals surface area (Å²) in [5.41, 5.74) is -0.0224. The van der Waals surface area contributed by atoms with Crippen LogP contribution >= 0.6 is 0 Å². The highest BCUT2D eigenvalue weighted by atomic mass is 19.1. The zero-order chi connectivity index (χ0) is 25.3. The first-order valence-electron chi connectivity index (χ1n) is 11.2. The van der Waals surface area contributed by atoms with Gasteiger partial charge in [0.1, 0.15) is 18.1 Å². The molecule has 1 fully saturated rings. The Morgan fingerprint density at radius 3 is 2.50 bits per heavy atom. The van der Waals surface area contributed by atoms with E-state index >= 15 is 0 Å². The van der Waals surface area contributed by atoms with E-state index in [-0.39, 0.29) is 24.3 Å². The van der Waals surface area contributed by atoms with Crippen molar-refractivity contribution < 1.29 is 28.3 Å². The van der Waals surface area contributed by atoms with Gasteiger partial charge in [-0.05, 0) is 42.5 Å². The van der Waals surface area contributed by atoms with Gasteiger partial charge in [-0.2, -0.15) is 0 Å². The van der Waals surface area contributed by atoms with E-state index in [0.717, 1.165) is 4.90 Å². The number of nitrogens with zero attached hydrogens (tertiary/aromatic N) is 1. The van der Waals surface area contributed by atoms with Crippen LogP contribution in [0.1, 0.15) is 22.3 Å². The van der Waals surface area contributed by atoms with Crippen LogP contribution in [-0.2, 0) is 15.1 Å². The third kappa shape index (κ3) is 4.13. The smallest absolute Gasteiger partial charge is 0.325 e. The SMILES string of the molecule is O=C(CN1C(=O)NC2(CCOc3ccccc32)C1=O)Nc1ccccc1C(=O)Nc1ccc(F)cc1. The van der Waals surface area contributed by atoms with Gasteiger partial charge in [-0.15, -0.1) is 0 Å².